The number of hydrogen-bond acceptors (Lipinski definition) is 2. The SMILES string of the molecule is CC1CN=CC(=O)C1. The maximum absolute atomic E-state index is 10.5. The van der Waals surface area contributed by atoms with E-state index >= 15 is 0 Å². The van der Waals surface area contributed by atoms with Gasteiger partial charge in [-0.1, -0.05) is 6.92 Å². The molecule has 0 aromatic rings. The van der Waals surface area contributed by atoms with E-state index in [2.05, 4.69) is 4.99 Å². The van der Waals surface area contributed by atoms with Crippen LogP contribution in [-0.4, -0.2) is 18.5 Å². The smallest absolute Gasteiger partial charge is 0.173 e. The van der Waals surface area contributed by atoms with Crippen molar-refractivity contribution in [1.82, 2.24) is 0 Å². The molecule has 1 aliphatic heterocycles. The molecule has 44 valence electrons. The quantitative estimate of drug-likeness (QED) is 0.451. The van der Waals surface area contributed by atoms with E-state index < -0.39 is 0 Å². The number of carbonyl (C=O) groups is 1. The molecule has 0 spiro atoms. The lowest BCUT2D eigenvalue weighted by atomic mass is 10.0. The van der Waals surface area contributed by atoms with Crippen LogP contribution in [0.1, 0.15) is 13.3 Å². The minimum atomic E-state index is 0.170. The summed E-state index contributed by atoms with van der Waals surface area (Å²) in [5.74, 6) is 0.635. The lowest BCUT2D eigenvalue weighted by Gasteiger charge is -2.08. The van der Waals surface area contributed by atoms with Gasteiger partial charge >= 0.3 is 0 Å². The maximum Gasteiger partial charge on any atom is 0.173 e. The van der Waals surface area contributed by atoms with Crippen LogP contribution in [0.15, 0.2) is 4.99 Å². The second-order valence-electron chi connectivity index (χ2n) is 2.27. The highest BCUT2D eigenvalue weighted by Gasteiger charge is 2.09. The van der Waals surface area contributed by atoms with Gasteiger partial charge in [-0.2, -0.15) is 0 Å². The van der Waals surface area contributed by atoms with Crippen LogP contribution in [0.3, 0.4) is 0 Å². The van der Waals surface area contributed by atoms with Crippen molar-refractivity contribution in [3.63, 3.8) is 0 Å². The molecule has 8 heavy (non-hydrogen) atoms. The summed E-state index contributed by atoms with van der Waals surface area (Å²) in [5, 5.41) is 0. The van der Waals surface area contributed by atoms with Gasteiger partial charge in [0.15, 0.2) is 5.78 Å². The van der Waals surface area contributed by atoms with Crippen LogP contribution in [0.4, 0.5) is 0 Å². The van der Waals surface area contributed by atoms with Crippen molar-refractivity contribution in [2.75, 3.05) is 6.54 Å². The van der Waals surface area contributed by atoms with Crippen molar-refractivity contribution in [2.45, 2.75) is 13.3 Å². The van der Waals surface area contributed by atoms with Gasteiger partial charge in [0.25, 0.3) is 0 Å². The summed E-state index contributed by atoms with van der Waals surface area (Å²) in [7, 11) is 0. The molecule has 0 aliphatic carbocycles. The van der Waals surface area contributed by atoms with Crippen LogP contribution in [-0.2, 0) is 4.79 Å². The van der Waals surface area contributed by atoms with Crippen LogP contribution >= 0.6 is 0 Å². The Labute approximate surface area is 48.6 Å². The standard InChI is InChI=1S/C6H9NO/c1-5-2-6(8)4-7-3-5/h4-5H,2-3H2,1H3. The molecule has 0 aromatic carbocycles. The fourth-order valence-electron chi connectivity index (χ4n) is 0.795. The Balaban J connectivity index is 2.54. The Hall–Kier alpha value is -0.660. The number of rotatable bonds is 0. The third-order valence-corrected chi connectivity index (χ3v) is 1.20. The zero-order valence-corrected chi connectivity index (χ0v) is 4.92. The normalized spacial score (nSPS) is 28.6. The van der Waals surface area contributed by atoms with Gasteiger partial charge in [-0.25, -0.2) is 0 Å². The second-order valence-corrected chi connectivity index (χ2v) is 2.27. The molecular weight excluding hydrogens is 102 g/mol. The number of nitrogens with zero attached hydrogens (tertiary/aromatic N) is 1. The third kappa shape index (κ3) is 1.15. The van der Waals surface area contributed by atoms with Gasteiger partial charge in [-0.05, 0) is 5.92 Å². The van der Waals surface area contributed by atoms with Gasteiger partial charge in [-0.15, -0.1) is 0 Å². The summed E-state index contributed by atoms with van der Waals surface area (Å²) in [5.41, 5.74) is 0. The van der Waals surface area contributed by atoms with E-state index in [4.69, 9.17) is 0 Å². The lowest BCUT2D eigenvalue weighted by molar-refractivity contribution is -0.113. The first-order chi connectivity index (χ1) is 3.79. The Morgan fingerprint density at radius 3 is 3.00 bits per heavy atom. The van der Waals surface area contributed by atoms with Crippen molar-refractivity contribution < 1.29 is 4.79 Å². The second kappa shape index (κ2) is 2.07. The predicted octanol–water partition coefficient (Wildman–Crippen LogP) is 0.666. The molecule has 0 saturated carbocycles. The number of hydrogen-bond donors (Lipinski definition) is 0. The molecule has 1 aliphatic rings. The highest BCUT2D eigenvalue weighted by molar-refractivity contribution is 6.27. The van der Waals surface area contributed by atoms with Crippen molar-refractivity contribution in [1.29, 1.82) is 0 Å². The number of Topliss-reactive ketones (excluding diaryl/α,β-unsaturated/α-hetero) is 1. The summed E-state index contributed by atoms with van der Waals surface area (Å²) < 4.78 is 0. The van der Waals surface area contributed by atoms with Gasteiger partial charge in [0, 0.05) is 13.0 Å². The molecular formula is C6H9NO. The first kappa shape index (κ1) is 5.48. The zero-order chi connectivity index (χ0) is 5.98. The Morgan fingerprint density at radius 1 is 1.88 bits per heavy atom. The molecule has 0 saturated heterocycles. The van der Waals surface area contributed by atoms with Crippen LogP contribution in [0.5, 0.6) is 0 Å². The molecule has 1 rings (SSSR count). The number of carbonyl (C=O) groups excluding carboxylic acids is 1. The third-order valence-electron chi connectivity index (χ3n) is 1.20. The Kier molecular flexibility index (Phi) is 1.42. The summed E-state index contributed by atoms with van der Waals surface area (Å²) in [6.45, 7) is 2.86. The molecule has 2 nitrogen and oxygen atoms in total. The van der Waals surface area contributed by atoms with Gasteiger partial charge in [0.2, 0.25) is 0 Å². The summed E-state index contributed by atoms with van der Waals surface area (Å²) in [6.07, 6.45) is 2.11. The lowest BCUT2D eigenvalue weighted by Crippen LogP contribution is -2.14. The first-order valence-electron chi connectivity index (χ1n) is 2.81. The molecule has 0 radical (unpaired) electrons. The van der Waals surface area contributed by atoms with E-state index in [0.29, 0.717) is 12.3 Å². The topological polar surface area (TPSA) is 29.4 Å². The van der Waals surface area contributed by atoms with Crippen LogP contribution in [0.2, 0.25) is 0 Å². The highest BCUT2D eigenvalue weighted by atomic mass is 16.1. The van der Waals surface area contributed by atoms with Gasteiger partial charge in [0.1, 0.15) is 0 Å². The average Bonchev–Trinajstić information content (AvgIpc) is 1.64. The van der Waals surface area contributed by atoms with Crippen molar-refractivity contribution in [3.05, 3.63) is 0 Å². The first-order valence-corrected chi connectivity index (χ1v) is 2.81. The zero-order valence-electron chi connectivity index (χ0n) is 4.92. The minimum Gasteiger partial charge on any atom is -0.293 e. The summed E-state index contributed by atoms with van der Waals surface area (Å²) in [4.78, 5) is 14.4. The molecule has 0 aromatic heterocycles. The van der Waals surface area contributed by atoms with Gasteiger partial charge in [-0.3, -0.25) is 9.79 Å². The van der Waals surface area contributed by atoms with Crippen molar-refractivity contribution in [2.24, 2.45) is 10.9 Å². The number of ketones is 1. The van der Waals surface area contributed by atoms with E-state index in [1.807, 2.05) is 6.92 Å². The summed E-state index contributed by atoms with van der Waals surface area (Å²) in [6, 6.07) is 0. The molecule has 0 fully saturated rings. The van der Waals surface area contributed by atoms with E-state index in [0.717, 1.165) is 6.54 Å². The predicted molar refractivity (Wildman–Crippen MR) is 32.1 cm³/mol. The molecule has 2 heteroatoms. The monoisotopic (exact) mass is 111 g/mol. The average molecular weight is 111 g/mol. The molecule has 0 N–H and O–H groups in total. The van der Waals surface area contributed by atoms with Crippen LogP contribution in [0, 0.1) is 5.92 Å². The van der Waals surface area contributed by atoms with Gasteiger partial charge < -0.3 is 0 Å². The van der Waals surface area contributed by atoms with Crippen molar-refractivity contribution in [3.8, 4) is 0 Å². The molecule has 1 heterocycles. The van der Waals surface area contributed by atoms with E-state index in [1.54, 1.807) is 0 Å². The van der Waals surface area contributed by atoms with Crippen LogP contribution in [0.25, 0.3) is 0 Å². The highest BCUT2D eigenvalue weighted by Crippen LogP contribution is 2.05. The summed E-state index contributed by atoms with van der Waals surface area (Å²) >= 11 is 0. The number of aliphatic imine (C=N–C) groups is 1. The molecule has 0 amide bonds. The fourth-order valence-corrected chi connectivity index (χ4v) is 0.795. The Morgan fingerprint density at radius 2 is 2.62 bits per heavy atom. The van der Waals surface area contributed by atoms with E-state index in [-0.39, 0.29) is 5.78 Å². The largest absolute Gasteiger partial charge is 0.293 e. The fraction of sp³-hybridized carbons (Fsp3) is 0.667. The van der Waals surface area contributed by atoms with E-state index in [1.165, 1.54) is 6.21 Å². The maximum atomic E-state index is 10.5. The Bertz CT molecular complexity index is 128. The van der Waals surface area contributed by atoms with E-state index in [9.17, 15) is 4.79 Å². The minimum absolute atomic E-state index is 0.170. The van der Waals surface area contributed by atoms with Gasteiger partial charge in [0.05, 0.1) is 6.21 Å². The molecule has 0 bridgehead atoms. The van der Waals surface area contributed by atoms with Crippen LogP contribution < -0.4 is 0 Å². The molecule has 1 unspecified atom stereocenters. The van der Waals surface area contributed by atoms with Crippen molar-refractivity contribution >= 4 is 12.0 Å². The molecule has 1 atom stereocenters.